The minimum atomic E-state index is -3.26. The van der Waals surface area contributed by atoms with Crippen molar-refractivity contribution in [3.8, 4) is 11.3 Å². The predicted molar refractivity (Wildman–Crippen MR) is 95.5 cm³/mol. The lowest BCUT2D eigenvalue weighted by atomic mass is 10.1. The first-order valence-electron chi connectivity index (χ1n) is 6.94. The predicted octanol–water partition coefficient (Wildman–Crippen LogP) is 2.80. The van der Waals surface area contributed by atoms with E-state index in [-0.39, 0.29) is 0 Å². The number of hydrogen-bond acceptors (Lipinski definition) is 6. The third-order valence-electron chi connectivity index (χ3n) is 2.75. The Morgan fingerprint density at radius 3 is 2.74 bits per heavy atom. The first kappa shape index (κ1) is 17.5. The molecule has 2 rings (SSSR count). The Hall–Kier alpha value is -1.90. The Bertz CT molecular complexity index is 740. The number of aromatic nitrogens is 1. The van der Waals surface area contributed by atoms with Gasteiger partial charge in [-0.05, 0) is 12.1 Å². The quantitative estimate of drug-likeness (QED) is 0.535. The smallest absolute Gasteiger partial charge is 0.229 e. The Kier molecular flexibility index (Phi) is 6.14. The summed E-state index contributed by atoms with van der Waals surface area (Å²) >= 11 is 1.51. The molecule has 0 bridgehead atoms. The highest BCUT2D eigenvalue weighted by atomic mass is 32.2. The molecular weight excluding hydrogens is 334 g/mol. The monoisotopic (exact) mass is 353 g/mol. The van der Waals surface area contributed by atoms with Crippen LogP contribution in [0.4, 0.5) is 10.8 Å². The van der Waals surface area contributed by atoms with Crippen molar-refractivity contribution in [2.45, 2.75) is 0 Å². The van der Waals surface area contributed by atoms with Gasteiger partial charge in [-0.2, -0.15) is 0 Å². The molecule has 0 aliphatic carbocycles. The van der Waals surface area contributed by atoms with Gasteiger partial charge in [0.05, 0.1) is 25.2 Å². The molecule has 23 heavy (non-hydrogen) atoms. The maximum Gasteiger partial charge on any atom is 0.229 e. The Labute approximate surface area is 140 Å². The molecule has 1 aromatic heterocycles. The van der Waals surface area contributed by atoms with Crippen molar-refractivity contribution < 1.29 is 13.2 Å². The number of thiazole rings is 1. The fourth-order valence-corrected chi connectivity index (χ4v) is 3.12. The van der Waals surface area contributed by atoms with E-state index >= 15 is 0 Å². The second-order valence-corrected chi connectivity index (χ2v) is 7.39. The second kappa shape index (κ2) is 8.09. The molecule has 0 amide bonds. The van der Waals surface area contributed by atoms with Gasteiger partial charge in [0.15, 0.2) is 5.13 Å². The molecule has 8 heteroatoms. The average molecular weight is 353 g/mol. The molecule has 0 saturated heterocycles. The maximum atomic E-state index is 11.2. The molecule has 1 heterocycles. The van der Waals surface area contributed by atoms with Crippen molar-refractivity contribution >= 4 is 32.2 Å². The van der Waals surface area contributed by atoms with Crippen LogP contribution >= 0.6 is 11.3 Å². The van der Waals surface area contributed by atoms with Crippen molar-refractivity contribution in [2.75, 3.05) is 36.1 Å². The van der Waals surface area contributed by atoms with Crippen molar-refractivity contribution in [1.29, 1.82) is 0 Å². The first-order valence-corrected chi connectivity index (χ1v) is 9.71. The molecule has 0 radical (unpaired) electrons. The summed E-state index contributed by atoms with van der Waals surface area (Å²) in [4.78, 5) is 4.50. The van der Waals surface area contributed by atoms with Crippen LogP contribution in [0.15, 0.2) is 42.3 Å². The molecule has 0 saturated carbocycles. The van der Waals surface area contributed by atoms with Gasteiger partial charge in [-0.1, -0.05) is 18.2 Å². The summed E-state index contributed by atoms with van der Waals surface area (Å²) < 4.78 is 30.1. The van der Waals surface area contributed by atoms with E-state index in [1.807, 2.05) is 17.5 Å². The Balaban J connectivity index is 1.93. The maximum absolute atomic E-state index is 11.2. The fourth-order valence-electron chi connectivity index (χ4n) is 1.81. The third-order valence-corrected chi connectivity index (χ3v) is 4.15. The minimum absolute atomic E-state index is 0.532. The van der Waals surface area contributed by atoms with E-state index in [1.165, 1.54) is 11.3 Å². The van der Waals surface area contributed by atoms with Crippen molar-refractivity contribution in [1.82, 2.24) is 4.98 Å². The standard InChI is InChI=1S/C15H19N3O3S2/c1-3-9-21-10-8-16-15-17-14(11-22-15)12-4-6-13(7-5-12)18-23(2,19)20/h3-7,11,18H,1,8-10H2,2H3,(H,16,17). The lowest BCUT2D eigenvalue weighted by Gasteiger charge is -2.04. The van der Waals surface area contributed by atoms with Crippen LogP contribution in [0.3, 0.4) is 0 Å². The lowest BCUT2D eigenvalue weighted by Crippen LogP contribution is -2.09. The number of rotatable bonds is 9. The Morgan fingerprint density at radius 1 is 1.35 bits per heavy atom. The molecular formula is C15H19N3O3S2. The van der Waals surface area contributed by atoms with E-state index in [2.05, 4.69) is 21.6 Å². The van der Waals surface area contributed by atoms with Crippen LogP contribution < -0.4 is 10.0 Å². The number of ether oxygens (including phenoxy) is 1. The number of nitrogens with zero attached hydrogens (tertiary/aromatic N) is 1. The fraction of sp³-hybridized carbons (Fsp3) is 0.267. The van der Waals surface area contributed by atoms with Gasteiger partial charge >= 0.3 is 0 Å². The number of anilines is 2. The zero-order valence-corrected chi connectivity index (χ0v) is 14.4. The minimum Gasteiger partial charge on any atom is -0.376 e. The molecule has 0 fully saturated rings. The van der Waals surface area contributed by atoms with Crippen LogP contribution in [0.25, 0.3) is 11.3 Å². The van der Waals surface area contributed by atoms with Gasteiger partial charge in [-0.25, -0.2) is 13.4 Å². The van der Waals surface area contributed by atoms with E-state index in [1.54, 1.807) is 18.2 Å². The van der Waals surface area contributed by atoms with E-state index in [0.717, 1.165) is 22.6 Å². The van der Waals surface area contributed by atoms with Gasteiger partial charge in [0.25, 0.3) is 0 Å². The van der Waals surface area contributed by atoms with Gasteiger partial charge in [0.1, 0.15) is 0 Å². The lowest BCUT2D eigenvalue weighted by molar-refractivity contribution is 0.173. The van der Waals surface area contributed by atoms with E-state index in [0.29, 0.717) is 25.4 Å². The van der Waals surface area contributed by atoms with Gasteiger partial charge in [0, 0.05) is 23.2 Å². The zero-order chi connectivity index (χ0) is 16.7. The largest absolute Gasteiger partial charge is 0.376 e. The Morgan fingerprint density at radius 2 is 2.09 bits per heavy atom. The summed E-state index contributed by atoms with van der Waals surface area (Å²) in [5.74, 6) is 0. The normalized spacial score (nSPS) is 11.2. The molecule has 0 aliphatic rings. The second-order valence-electron chi connectivity index (χ2n) is 4.78. The SMILES string of the molecule is C=CCOCCNc1nc(-c2ccc(NS(C)(=O)=O)cc2)cs1. The van der Waals surface area contributed by atoms with Gasteiger partial charge < -0.3 is 10.1 Å². The highest BCUT2D eigenvalue weighted by molar-refractivity contribution is 7.92. The van der Waals surface area contributed by atoms with Crippen LogP contribution in [0, 0.1) is 0 Å². The van der Waals surface area contributed by atoms with Gasteiger partial charge in [0.2, 0.25) is 10.0 Å². The van der Waals surface area contributed by atoms with Crippen molar-refractivity contribution in [3.63, 3.8) is 0 Å². The highest BCUT2D eigenvalue weighted by Crippen LogP contribution is 2.26. The van der Waals surface area contributed by atoms with E-state index in [9.17, 15) is 8.42 Å². The summed E-state index contributed by atoms with van der Waals surface area (Å²) in [5.41, 5.74) is 2.30. The van der Waals surface area contributed by atoms with Crippen molar-refractivity contribution in [3.05, 3.63) is 42.3 Å². The van der Waals surface area contributed by atoms with Crippen LogP contribution in [0.5, 0.6) is 0 Å². The average Bonchev–Trinajstić information content (AvgIpc) is 2.95. The number of nitrogens with one attached hydrogen (secondary N) is 2. The van der Waals surface area contributed by atoms with E-state index < -0.39 is 10.0 Å². The highest BCUT2D eigenvalue weighted by Gasteiger charge is 2.06. The number of benzene rings is 1. The van der Waals surface area contributed by atoms with E-state index in [4.69, 9.17) is 4.74 Å². The summed E-state index contributed by atoms with van der Waals surface area (Å²) in [5, 5.41) is 5.96. The molecule has 0 aliphatic heterocycles. The van der Waals surface area contributed by atoms with Gasteiger partial charge in [-0.15, -0.1) is 17.9 Å². The zero-order valence-electron chi connectivity index (χ0n) is 12.8. The number of hydrogen-bond donors (Lipinski definition) is 2. The molecule has 0 spiro atoms. The van der Waals surface area contributed by atoms with Gasteiger partial charge in [-0.3, -0.25) is 4.72 Å². The molecule has 2 aromatic rings. The van der Waals surface area contributed by atoms with Crippen LogP contribution in [0.1, 0.15) is 0 Å². The molecule has 0 atom stereocenters. The number of sulfonamides is 1. The molecule has 1 aromatic carbocycles. The first-order chi connectivity index (χ1) is 11.0. The summed E-state index contributed by atoms with van der Waals surface area (Å²) in [6, 6.07) is 7.09. The molecule has 124 valence electrons. The third kappa shape index (κ3) is 6.01. The van der Waals surface area contributed by atoms with Crippen molar-refractivity contribution in [2.24, 2.45) is 0 Å². The summed E-state index contributed by atoms with van der Waals surface area (Å²) in [6.45, 7) is 5.39. The van der Waals surface area contributed by atoms with Crippen LogP contribution in [-0.4, -0.2) is 39.4 Å². The molecule has 6 nitrogen and oxygen atoms in total. The van der Waals surface area contributed by atoms with Crippen LogP contribution in [0.2, 0.25) is 0 Å². The summed E-state index contributed by atoms with van der Waals surface area (Å²) in [7, 11) is -3.26. The molecule has 2 N–H and O–H groups in total. The molecule has 0 unspecified atom stereocenters. The summed E-state index contributed by atoms with van der Waals surface area (Å²) in [6.07, 6.45) is 2.84. The topological polar surface area (TPSA) is 80.3 Å². The van der Waals surface area contributed by atoms with Crippen LogP contribution in [-0.2, 0) is 14.8 Å².